The molecule has 0 amide bonds. The molecule has 3 aromatic carbocycles. The van der Waals surface area contributed by atoms with Gasteiger partial charge in [0.1, 0.15) is 11.8 Å². The Labute approximate surface area is 224 Å². The minimum atomic E-state index is -3.88. The fourth-order valence-corrected chi connectivity index (χ4v) is 6.05. The molecular formula is C29H35N3O5S. The smallest absolute Gasteiger partial charge is 0.321 e. The van der Waals surface area contributed by atoms with Crippen molar-refractivity contribution in [1.82, 2.24) is 9.03 Å². The number of benzene rings is 3. The minimum Gasteiger partial charge on any atom is -0.497 e. The average molecular weight is 538 g/mol. The summed E-state index contributed by atoms with van der Waals surface area (Å²) in [4.78, 5) is 13.6. The molecular weight excluding hydrogens is 502 g/mol. The zero-order chi connectivity index (χ0) is 27.1. The summed E-state index contributed by atoms with van der Waals surface area (Å²) in [5.41, 5.74) is 3.21. The van der Waals surface area contributed by atoms with Crippen LogP contribution in [0.25, 0.3) is 22.9 Å². The first-order valence-corrected chi connectivity index (χ1v) is 14.3. The van der Waals surface area contributed by atoms with Gasteiger partial charge in [-0.25, -0.2) is 0 Å². The maximum atomic E-state index is 12.8. The molecule has 0 saturated carbocycles. The van der Waals surface area contributed by atoms with Gasteiger partial charge in [-0.1, -0.05) is 55.8 Å². The number of carbonyl (C=O) groups is 1. The molecule has 0 aliphatic carbocycles. The Morgan fingerprint density at radius 1 is 0.974 bits per heavy atom. The van der Waals surface area contributed by atoms with Crippen molar-refractivity contribution in [1.29, 1.82) is 0 Å². The average Bonchev–Trinajstić information content (AvgIpc) is 3.18. The summed E-state index contributed by atoms with van der Waals surface area (Å²) in [6.07, 6.45) is 5.65. The van der Waals surface area contributed by atoms with Crippen LogP contribution in [0.2, 0.25) is 0 Å². The highest BCUT2D eigenvalue weighted by molar-refractivity contribution is 7.87. The summed E-state index contributed by atoms with van der Waals surface area (Å²) in [7, 11) is -2.21. The molecule has 202 valence electrons. The number of nitrogens with zero attached hydrogens (tertiary/aromatic N) is 2. The van der Waals surface area contributed by atoms with Gasteiger partial charge in [0.05, 0.1) is 7.11 Å². The number of fused-ring (bicyclic) bond motifs is 1. The van der Waals surface area contributed by atoms with Gasteiger partial charge in [0.15, 0.2) is 0 Å². The Morgan fingerprint density at radius 3 is 2.37 bits per heavy atom. The van der Waals surface area contributed by atoms with E-state index in [0.717, 1.165) is 39.9 Å². The second-order valence-electron chi connectivity index (χ2n) is 9.44. The topological polar surface area (TPSA) is 99.2 Å². The Balaban J connectivity index is 1.38. The van der Waals surface area contributed by atoms with Crippen molar-refractivity contribution in [3.05, 3.63) is 71.8 Å². The molecule has 1 aliphatic heterocycles. The van der Waals surface area contributed by atoms with Crippen LogP contribution in [0.15, 0.2) is 60.7 Å². The highest BCUT2D eigenvalue weighted by atomic mass is 32.2. The number of methoxy groups -OCH3 is 1. The van der Waals surface area contributed by atoms with Crippen LogP contribution in [-0.4, -0.2) is 63.1 Å². The molecule has 1 saturated heterocycles. The molecule has 1 atom stereocenters. The Hall–Kier alpha value is -3.40. The Bertz CT molecular complexity index is 1390. The van der Waals surface area contributed by atoms with Crippen LogP contribution in [-0.2, 0) is 15.0 Å². The third-order valence-electron chi connectivity index (χ3n) is 6.76. The fraction of sp³-hybridized carbons (Fsp3) is 0.345. The van der Waals surface area contributed by atoms with Gasteiger partial charge in [-0.05, 0) is 65.1 Å². The minimum absolute atomic E-state index is 0.255. The van der Waals surface area contributed by atoms with Gasteiger partial charge in [0, 0.05) is 31.9 Å². The third kappa shape index (κ3) is 6.92. The largest absolute Gasteiger partial charge is 0.497 e. The quantitative estimate of drug-likeness (QED) is 0.366. The second-order valence-corrected chi connectivity index (χ2v) is 11.1. The van der Waals surface area contributed by atoms with E-state index in [-0.39, 0.29) is 6.42 Å². The number of aliphatic carboxylic acids is 1. The third-order valence-corrected chi connectivity index (χ3v) is 8.39. The molecule has 1 fully saturated rings. The number of hydrogen-bond acceptors (Lipinski definition) is 5. The molecule has 8 nitrogen and oxygen atoms in total. The van der Waals surface area contributed by atoms with E-state index in [9.17, 15) is 18.3 Å². The molecule has 4 rings (SSSR count). The summed E-state index contributed by atoms with van der Waals surface area (Å²) in [6, 6.07) is 19.5. The lowest BCUT2D eigenvalue weighted by atomic mass is 10.1. The monoisotopic (exact) mass is 537 g/mol. The van der Waals surface area contributed by atoms with Gasteiger partial charge in [0.2, 0.25) is 0 Å². The molecule has 38 heavy (non-hydrogen) atoms. The number of carboxylic acids is 1. The van der Waals surface area contributed by atoms with E-state index in [1.165, 1.54) is 4.31 Å². The molecule has 0 radical (unpaired) electrons. The Kier molecular flexibility index (Phi) is 9.04. The van der Waals surface area contributed by atoms with Gasteiger partial charge in [-0.2, -0.15) is 17.4 Å². The number of rotatable bonds is 10. The van der Waals surface area contributed by atoms with Crippen molar-refractivity contribution in [3.63, 3.8) is 0 Å². The lowest BCUT2D eigenvalue weighted by molar-refractivity contribution is -0.139. The van der Waals surface area contributed by atoms with Crippen LogP contribution in [0.3, 0.4) is 0 Å². The standard InChI is InChI=1S/C29H35N3O5S/c1-3-5-28(29(33)34)30-38(35,36)32-17-4-16-31(18-19-32)26-13-9-22(10-14-26)6-7-23-8-11-25-21-27(37-2)15-12-24(25)20-23/h6-15,20-21,28,30H,3-5,16-19H2,1-2H3,(H,33,34)/t28-/m0/s1. The van der Waals surface area contributed by atoms with Crippen molar-refractivity contribution in [3.8, 4) is 5.75 Å². The lowest BCUT2D eigenvalue weighted by Gasteiger charge is -2.24. The van der Waals surface area contributed by atoms with Gasteiger partial charge < -0.3 is 14.7 Å². The SMILES string of the molecule is CCC[C@H](NS(=O)(=O)N1CCCN(c2ccc(C=Cc3ccc4cc(OC)ccc4c3)cc2)CC1)C(=O)O. The molecule has 0 unspecified atom stereocenters. The molecule has 0 spiro atoms. The molecule has 9 heteroatoms. The van der Waals surface area contributed by atoms with Gasteiger partial charge >= 0.3 is 5.97 Å². The highest BCUT2D eigenvalue weighted by Crippen LogP contribution is 2.23. The number of nitrogens with one attached hydrogen (secondary N) is 1. The predicted molar refractivity (Wildman–Crippen MR) is 153 cm³/mol. The van der Waals surface area contributed by atoms with E-state index in [4.69, 9.17) is 4.74 Å². The van der Waals surface area contributed by atoms with Gasteiger partial charge in [-0.3, -0.25) is 4.79 Å². The second kappa shape index (κ2) is 12.4. The maximum absolute atomic E-state index is 12.8. The Morgan fingerprint density at radius 2 is 1.66 bits per heavy atom. The number of hydrogen-bond donors (Lipinski definition) is 2. The van der Waals surface area contributed by atoms with Crippen LogP contribution in [0, 0.1) is 0 Å². The molecule has 0 bridgehead atoms. The van der Waals surface area contributed by atoms with Crippen molar-refractivity contribution in [2.45, 2.75) is 32.2 Å². The molecule has 3 aromatic rings. The normalized spacial score (nSPS) is 16.0. The zero-order valence-corrected chi connectivity index (χ0v) is 22.7. The van der Waals surface area contributed by atoms with Crippen LogP contribution in [0.4, 0.5) is 5.69 Å². The van der Waals surface area contributed by atoms with Gasteiger partial charge in [0.25, 0.3) is 10.2 Å². The predicted octanol–water partition coefficient (Wildman–Crippen LogP) is 4.62. The van der Waals surface area contributed by atoms with Crippen LogP contribution in [0.1, 0.15) is 37.3 Å². The van der Waals surface area contributed by atoms with E-state index in [1.807, 2.05) is 19.1 Å². The van der Waals surface area contributed by atoms with Crippen molar-refractivity contribution >= 4 is 44.8 Å². The zero-order valence-electron chi connectivity index (χ0n) is 21.8. The van der Waals surface area contributed by atoms with Crippen molar-refractivity contribution in [2.24, 2.45) is 0 Å². The molecule has 1 heterocycles. The van der Waals surface area contributed by atoms with Crippen molar-refractivity contribution in [2.75, 3.05) is 38.2 Å². The molecule has 1 aliphatic rings. The summed E-state index contributed by atoms with van der Waals surface area (Å²) >= 11 is 0. The van der Waals surface area contributed by atoms with E-state index in [0.29, 0.717) is 32.5 Å². The molecule has 0 aromatic heterocycles. The summed E-state index contributed by atoms with van der Waals surface area (Å²) in [6.45, 7) is 3.73. The molecule has 2 N–H and O–H groups in total. The maximum Gasteiger partial charge on any atom is 0.321 e. The van der Waals surface area contributed by atoms with Crippen LogP contribution >= 0.6 is 0 Å². The first kappa shape index (κ1) is 27.6. The first-order valence-electron chi connectivity index (χ1n) is 12.9. The number of carboxylic acid groups (broad SMARTS) is 1. The van der Waals surface area contributed by atoms with E-state index in [1.54, 1.807) is 7.11 Å². The van der Waals surface area contributed by atoms with Gasteiger partial charge in [-0.15, -0.1) is 0 Å². The van der Waals surface area contributed by atoms with Crippen LogP contribution in [0.5, 0.6) is 5.75 Å². The van der Waals surface area contributed by atoms with E-state index in [2.05, 4.69) is 70.3 Å². The number of anilines is 1. The fourth-order valence-electron chi connectivity index (χ4n) is 4.63. The summed E-state index contributed by atoms with van der Waals surface area (Å²) in [5.74, 6) is -0.308. The van der Waals surface area contributed by atoms with E-state index < -0.39 is 22.2 Å². The summed E-state index contributed by atoms with van der Waals surface area (Å²) in [5, 5.41) is 11.6. The van der Waals surface area contributed by atoms with Crippen molar-refractivity contribution < 1.29 is 23.1 Å². The number of ether oxygens (including phenoxy) is 1. The highest BCUT2D eigenvalue weighted by Gasteiger charge is 2.30. The first-order chi connectivity index (χ1) is 18.3. The summed E-state index contributed by atoms with van der Waals surface area (Å²) < 4.78 is 34.7. The van der Waals surface area contributed by atoms with Crippen LogP contribution < -0.4 is 14.4 Å². The van der Waals surface area contributed by atoms with E-state index >= 15 is 0 Å². The lowest BCUT2D eigenvalue weighted by Crippen LogP contribution is -2.49.